The van der Waals surface area contributed by atoms with Crippen LogP contribution < -0.4 is 10.5 Å². The summed E-state index contributed by atoms with van der Waals surface area (Å²) in [5.74, 6) is 0. The molecule has 0 atom stereocenters. The predicted octanol–water partition coefficient (Wildman–Crippen LogP) is 1.52. The number of methoxy groups -OCH3 is 1. The van der Waals surface area contributed by atoms with Gasteiger partial charge in [-0.1, -0.05) is 0 Å². The molecule has 6 nitrogen and oxygen atoms in total. The average molecular weight is 309 g/mol. The maximum Gasteiger partial charge on any atom is 0.242 e. The summed E-state index contributed by atoms with van der Waals surface area (Å²) < 4.78 is 32.7. The van der Waals surface area contributed by atoms with E-state index in [2.05, 4.69) is 9.71 Å². The Kier molecular flexibility index (Phi) is 4.18. The highest BCUT2D eigenvalue weighted by molar-refractivity contribution is 7.89. The second kappa shape index (κ2) is 5.59. The van der Waals surface area contributed by atoms with Crippen molar-refractivity contribution in [2.24, 2.45) is 0 Å². The third-order valence-electron chi connectivity index (χ3n) is 3.30. The molecule has 0 spiro atoms. The lowest BCUT2D eigenvalue weighted by Crippen LogP contribution is -2.39. The van der Waals surface area contributed by atoms with E-state index in [0.29, 0.717) is 16.6 Å². The van der Waals surface area contributed by atoms with E-state index in [1.165, 1.54) is 13.2 Å². The molecule has 0 amide bonds. The van der Waals surface area contributed by atoms with Gasteiger partial charge in [0.2, 0.25) is 10.0 Å². The molecule has 1 aromatic heterocycles. The maximum absolute atomic E-state index is 12.5. The largest absolute Gasteiger partial charge is 0.398 e. The van der Waals surface area contributed by atoms with Gasteiger partial charge in [-0.05, 0) is 38.1 Å². The summed E-state index contributed by atoms with van der Waals surface area (Å²) in [7, 11) is -2.16. The van der Waals surface area contributed by atoms with E-state index in [0.717, 1.165) is 0 Å². The third-order valence-corrected chi connectivity index (χ3v) is 4.73. The molecule has 0 fully saturated rings. The third kappa shape index (κ3) is 3.31. The summed E-state index contributed by atoms with van der Waals surface area (Å²) in [4.78, 5) is 4.25. The van der Waals surface area contributed by atoms with Gasteiger partial charge in [0.15, 0.2) is 0 Å². The summed E-state index contributed by atoms with van der Waals surface area (Å²) in [5.41, 5.74) is 6.12. The van der Waals surface area contributed by atoms with Crippen LogP contribution in [0.5, 0.6) is 0 Å². The monoisotopic (exact) mass is 309 g/mol. The molecule has 0 unspecified atom stereocenters. The SMILES string of the molecule is COC(C)(C)CNS(=O)(=O)c1ccc(N)c2cccnc12. The number of nitrogen functional groups attached to an aromatic ring is 1. The van der Waals surface area contributed by atoms with Gasteiger partial charge in [0.05, 0.1) is 11.1 Å². The first-order chi connectivity index (χ1) is 9.77. The van der Waals surface area contributed by atoms with Gasteiger partial charge in [-0.3, -0.25) is 4.98 Å². The highest BCUT2D eigenvalue weighted by Crippen LogP contribution is 2.25. The van der Waals surface area contributed by atoms with Gasteiger partial charge >= 0.3 is 0 Å². The van der Waals surface area contributed by atoms with Crippen molar-refractivity contribution in [2.75, 3.05) is 19.4 Å². The summed E-state index contributed by atoms with van der Waals surface area (Å²) in [5, 5.41) is 0.617. The van der Waals surface area contributed by atoms with Crippen LogP contribution in [0.3, 0.4) is 0 Å². The van der Waals surface area contributed by atoms with Crippen LogP contribution in [-0.4, -0.2) is 32.7 Å². The van der Waals surface area contributed by atoms with Gasteiger partial charge in [-0.2, -0.15) is 0 Å². The Hall–Kier alpha value is -1.70. The standard InChI is InChI=1S/C14H19N3O3S/c1-14(2,20-3)9-17-21(18,19)12-7-6-11(15)10-5-4-8-16-13(10)12/h4-8,17H,9,15H2,1-3H3. The minimum Gasteiger partial charge on any atom is -0.398 e. The number of nitrogens with two attached hydrogens (primary N) is 1. The van der Waals surface area contributed by atoms with Crippen LogP contribution >= 0.6 is 0 Å². The highest BCUT2D eigenvalue weighted by atomic mass is 32.2. The molecule has 1 heterocycles. The summed E-state index contributed by atoms with van der Waals surface area (Å²) in [6.07, 6.45) is 1.54. The average Bonchev–Trinajstić information content (AvgIpc) is 2.46. The molecule has 7 heteroatoms. The van der Waals surface area contributed by atoms with Gasteiger partial charge in [0.25, 0.3) is 0 Å². The van der Waals surface area contributed by atoms with E-state index >= 15 is 0 Å². The van der Waals surface area contributed by atoms with Crippen molar-refractivity contribution < 1.29 is 13.2 Å². The van der Waals surface area contributed by atoms with Crippen molar-refractivity contribution in [3.05, 3.63) is 30.5 Å². The Labute approximate surface area is 124 Å². The highest BCUT2D eigenvalue weighted by Gasteiger charge is 2.24. The van der Waals surface area contributed by atoms with Gasteiger partial charge in [-0.15, -0.1) is 0 Å². The molecule has 114 valence electrons. The lowest BCUT2D eigenvalue weighted by molar-refractivity contribution is 0.0276. The Morgan fingerprint density at radius 2 is 2.05 bits per heavy atom. The van der Waals surface area contributed by atoms with E-state index in [1.807, 2.05) is 0 Å². The van der Waals surface area contributed by atoms with Crippen LogP contribution in [0, 0.1) is 0 Å². The van der Waals surface area contributed by atoms with Crippen molar-refractivity contribution in [3.8, 4) is 0 Å². The first-order valence-electron chi connectivity index (χ1n) is 6.45. The molecule has 2 aromatic rings. The number of rotatable bonds is 5. The molecule has 3 N–H and O–H groups in total. The zero-order valence-electron chi connectivity index (χ0n) is 12.3. The van der Waals surface area contributed by atoms with Crippen LogP contribution in [0.2, 0.25) is 0 Å². The minimum atomic E-state index is -3.69. The predicted molar refractivity (Wildman–Crippen MR) is 82.4 cm³/mol. The summed E-state index contributed by atoms with van der Waals surface area (Å²) >= 11 is 0. The second-order valence-corrected chi connectivity index (χ2v) is 7.08. The molecule has 0 aliphatic heterocycles. The molecule has 1 aromatic carbocycles. The van der Waals surface area contributed by atoms with Gasteiger partial charge in [-0.25, -0.2) is 13.1 Å². The number of pyridine rings is 1. The zero-order valence-corrected chi connectivity index (χ0v) is 13.1. The van der Waals surface area contributed by atoms with Crippen molar-refractivity contribution in [2.45, 2.75) is 24.3 Å². The molecule has 0 radical (unpaired) electrons. The van der Waals surface area contributed by atoms with Gasteiger partial charge in [0, 0.05) is 30.9 Å². The molecule has 0 saturated carbocycles. The molecular weight excluding hydrogens is 290 g/mol. The number of anilines is 1. The number of aromatic nitrogens is 1. The van der Waals surface area contributed by atoms with Crippen LogP contribution in [-0.2, 0) is 14.8 Å². The Morgan fingerprint density at radius 1 is 1.33 bits per heavy atom. The Bertz CT molecular complexity index is 757. The number of nitrogens with zero attached hydrogens (tertiary/aromatic N) is 1. The fourth-order valence-electron chi connectivity index (χ4n) is 1.80. The Morgan fingerprint density at radius 3 is 2.71 bits per heavy atom. The maximum atomic E-state index is 12.5. The van der Waals surface area contributed by atoms with E-state index in [-0.39, 0.29) is 11.4 Å². The zero-order chi connectivity index (χ0) is 15.7. The van der Waals surface area contributed by atoms with Gasteiger partial charge in [0.1, 0.15) is 4.90 Å². The molecular formula is C14H19N3O3S. The molecule has 0 bridgehead atoms. The number of ether oxygens (including phenoxy) is 1. The van der Waals surface area contributed by atoms with Crippen LogP contribution in [0.25, 0.3) is 10.9 Å². The summed E-state index contributed by atoms with van der Waals surface area (Å²) in [6, 6.07) is 6.50. The minimum absolute atomic E-state index is 0.110. The number of hydrogen-bond acceptors (Lipinski definition) is 5. The number of fused-ring (bicyclic) bond motifs is 1. The number of benzene rings is 1. The van der Waals surface area contributed by atoms with E-state index in [9.17, 15) is 8.42 Å². The molecule has 0 aliphatic carbocycles. The smallest absolute Gasteiger partial charge is 0.242 e. The van der Waals surface area contributed by atoms with Crippen molar-refractivity contribution in [3.63, 3.8) is 0 Å². The lowest BCUT2D eigenvalue weighted by atomic mass is 10.1. The van der Waals surface area contributed by atoms with E-state index < -0.39 is 15.6 Å². The van der Waals surface area contributed by atoms with Crippen molar-refractivity contribution in [1.29, 1.82) is 0 Å². The van der Waals surface area contributed by atoms with Crippen LogP contribution in [0.15, 0.2) is 35.4 Å². The molecule has 2 rings (SSSR count). The number of sulfonamides is 1. The molecule has 0 saturated heterocycles. The lowest BCUT2D eigenvalue weighted by Gasteiger charge is -2.23. The van der Waals surface area contributed by atoms with Crippen molar-refractivity contribution in [1.82, 2.24) is 9.71 Å². The van der Waals surface area contributed by atoms with Crippen LogP contribution in [0.4, 0.5) is 5.69 Å². The number of hydrogen-bond donors (Lipinski definition) is 2. The number of nitrogens with one attached hydrogen (secondary N) is 1. The van der Waals surface area contributed by atoms with Gasteiger partial charge < -0.3 is 10.5 Å². The fourth-order valence-corrected chi connectivity index (χ4v) is 3.16. The van der Waals surface area contributed by atoms with Crippen LogP contribution in [0.1, 0.15) is 13.8 Å². The van der Waals surface area contributed by atoms with E-state index in [1.54, 1.807) is 38.2 Å². The quantitative estimate of drug-likeness (QED) is 0.817. The molecule has 21 heavy (non-hydrogen) atoms. The van der Waals surface area contributed by atoms with E-state index in [4.69, 9.17) is 10.5 Å². The second-order valence-electron chi connectivity index (χ2n) is 5.34. The Balaban J connectivity index is 2.44. The van der Waals surface area contributed by atoms with Crippen molar-refractivity contribution >= 4 is 26.6 Å². The molecule has 0 aliphatic rings. The fraction of sp³-hybridized carbons (Fsp3) is 0.357. The first kappa shape index (κ1) is 15.7. The first-order valence-corrected chi connectivity index (χ1v) is 7.93. The summed E-state index contributed by atoms with van der Waals surface area (Å²) in [6.45, 7) is 3.76. The normalized spacial score (nSPS) is 12.7. The topological polar surface area (TPSA) is 94.3 Å².